The predicted octanol–water partition coefficient (Wildman–Crippen LogP) is 2.51. The summed E-state index contributed by atoms with van der Waals surface area (Å²) >= 11 is 0. The molecule has 2 amide bonds. The van der Waals surface area contributed by atoms with Gasteiger partial charge in [0.1, 0.15) is 11.8 Å². The average Bonchev–Trinajstić information content (AvgIpc) is 3.24. The molecule has 34 heavy (non-hydrogen) atoms. The molecule has 0 saturated carbocycles. The van der Waals surface area contributed by atoms with Crippen LogP contribution in [0.3, 0.4) is 0 Å². The van der Waals surface area contributed by atoms with Gasteiger partial charge in [-0.15, -0.1) is 0 Å². The van der Waals surface area contributed by atoms with Gasteiger partial charge in [0, 0.05) is 25.7 Å². The first-order chi connectivity index (χ1) is 16.1. The molecule has 1 aromatic rings. The topological polar surface area (TPSA) is 118 Å². The highest BCUT2D eigenvalue weighted by molar-refractivity contribution is 5.87. The van der Waals surface area contributed by atoms with E-state index in [0.717, 1.165) is 0 Å². The second-order valence-electron chi connectivity index (χ2n) is 9.10. The van der Waals surface area contributed by atoms with Crippen LogP contribution < -0.4 is 0 Å². The Morgan fingerprint density at radius 1 is 1.06 bits per heavy atom. The Balaban J connectivity index is 1.93. The molecule has 10 heteroatoms. The monoisotopic (exact) mass is 482 g/mol. The highest BCUT2D eigenvalue weighted by Gasteiger charge is 2.42. The van der Waals surface area contributed by atoms with E-state index in [-0.39, 0.29) is 17.8 Å². The maximum atomic E-state index is 13.5. The van der Waals surface area contributed by atoms with Gasteiger partial charge in [-0.1, -0.05) is 12.1 Å². The summed E-state index contributed by atoms with van der Waals surface area (Å²) < 4.78 is 21.6. The van der Waals surface area contributed by atoms with E-state index in [1.165, 1.54) is 17.0 Å². The number of methoxy groups -OCH3 is 1. The zero-order valence-electron chi connectivity index (χ0n) is 20.6. The summed E-state index contributed by atoms with van der Waals surface area (Å²) in [6.07, 6.45) is -0.662. The highest BCUT2D eigenvalue weighted by Crippen LogP contribution is 2.32. The normalized spacial score (nSPS) is 17.1. The Labute approximate surface area is 201 Å². The molecule has 0 aromatic heterocycles. The van der Waals surface area contributed by atoms with Crippen LogP contribution in [0.5, 0.6) is 5.75 Å². The molecule has 0 bridgehead atoms. The molecule has 2 rings (SSSR count). The first kappa shape index (κ1) is 27.8. The smallest absolute Gasteiger partial charge is 0.408 e. The first-order valence-corrected chi connectivity index (χ1v) is 11.5. The van der Waals surface area contributed by atoms with Gasteiger partial charge in [-0.3, -0.25) is 9.69 Å². The van der Waals surface area contributed by atoms with Crippen molar-refractivity contribution in [2.45, 2.75) is 44.9 Å². The summed E-state index contributed by atoms with van der Waals surface area (Å²) in [7, 11) is 1.62. The van der Waals surface area contributed by atoms with Crippen molar-refractivity contribution in [2.24, 2.45) is 0 Å². The molecule has 1 saturated heterocycles. The van der Waals surface area contributed by atoms with E-state index >= 15 is 0 Å². The zero-order valence-corrected chi connectivity index (χ0v) is 20.6. The third kappa shape index (κ3) is 8.43. The van der Waals surface area contributed by atoms with Crippen molar-refractivity contribution in [3.63, 3.8) is 0 Å². The van der Waals surface area contributed by atoms with Crippen LogP contribution in [0.4, 0.5) is 4.79 Å². The minimum absolute atomic E-state index is 0.0472. The highest BCUT2D eigenvalue weighted by atomic mass is 16.6. The second-order valence-corrected chi connectivity index (χ2v) is 9.10. The lowest BCUT2D eigenvalue weighted by Crippen LogP contribution is -2.52. The Bertz CT molecular complexity index is 765. The molecule has 1 heterocycles. The van der Waals surface area contributed by atoms with Crippen LogP contribution in [0.2, 0.25) is 0 Å². The van der Waals surface area contributed by atoms with Crippen molar-refractivity contribution in [3.05, 3.63) is 29.8 Å². The number of ether oxygens (including phenoxy) is 4. The van der Waals surface area contributed by atoms with Gasteiger partial charge in [0.2, 0.25) is 5.91 Å². The van der Waals surface area contributed by atoms with Crippen molar-refractivity contribution in [1.29, 1.82) is 0 Å². The van der Waals surface area contributed by atoms with Crippen LogP contribution in [0.25, 0.3) is 0 Å². The third-order valence-electron chi connectivity index (χ3n) is 5.47. The summed E-state index contributed by atoms with van der Waals surface area (Å²) in [5, 5.41) is 19.6. The molecule has 0 spiro atoms. The van der Waals surface area contributed by atoms with Gasteiger partial charge in [-0.25, -0.2) is 4.79 Å². The first-order valence-electron chi connectivity index (χ1n) is 11.5. The number of benzene rings is 1. The maximum Gasteiger partial charge on any atom is 0.408 e. The van der Waals surface area contributed by atoms with E-state index < -0.39 is 17.7 Å². The molecule has 0 radical (unpaired) electrons. The molecular weight excluding hydrogens is 444 g/mol. The van der Waals surface area contributed by atoms with E-state index in [2.05, 4.69) is 0 Å². The molecule has 1 aliphatic rings. The lowest BCUT2D eigenvalue weighted by molar-refractivity contribution is -0.138. The number of hydrogen-bond donors (Lipinski definition) is 2. The number of phenols is 1. The van der Waals surface area contributed by atoms with Gasteiger partial charge >= 0.3 is 6.09 Å². The SMILES string of the molecule is COCCOCCOCCO[C@H]1CCN(C(=O)C(c2ccc(O)cc2)N(C(=O)O)C(C)(C)C)C1. The van der Waals surface area contributed by atoms with Crippen molar-refractivity contribution >= 4 is 12.0 Å². The van der Waals surface area contributed by atoms with Crippen LogP contribution in [-0.2, 0) is 23.7 Å². The van der Waals surface area contributed by atoms with Gasteiger partial charge in [-0.2, -0.15) is 0 Å². The molecule has 2 N–H and O–H groups in total. The van der Waals surface area contributed by atoms with Crippen LogP contribution >= 0.6 is 0 Å². The summed E-state index contributed by atoms with van der Waals surface area (Å²) in [6, 6.07) is 5.05. The molecule has 192 valence electrons. The minimum Gasteiger partial charge on any atom is -0.508 e. The van der Waals surface area contributed by atoms with Crippen LogP contribution in [0, 0.1) is 0 Å². The van der Waals surface area contributed by atoms with Crippen molar-refractivity contribution in [1.82, 2.24) is 9.80 Å². The molecule has 1 aromatic carbocycles. The third-order valence-corrected chi connectivity index (χ3v) is 5.47. The van der Waals surface area contributed by atoms with Gasteiger partial charge in [0.05, 0.1) is 45.7 Å². The molecule has 2 atom stereocenters. The Hall–Kier alpha value is -2.40. The van der Waals surface area contributed by atoms with E-state index in [1.807, 2.05) is 0 Å². The van der Waals surface area contributed by atoms with Gasteiger partial charge in [0.25, 0.3) is 0 Å². The number of carboxylic acid groups (broad SMARTS) is 1. The lowest BCUT2D eigenvalue weighted by Gasteiger charge is -2.40. The molecule has 1 unspecified atom stereocenters. The number of carbonyl (C=O) groups is 2. The largest absolute Gasteiger partial charge is 0.508 e. The summed E-state index contributed by atoms with van der Waals surface area (Å²) in [6.45, 7) is 8.96. The van der Waals surface area contributed by atoms with Crippen LogP contribution in [-0.4, -0.2) is 103 Å². The Morgan fingerprint density at radius 3 is 2.21 bits per heavy atom. The zero-order chi connectivity index (χ0) is 25.1. The van der Waals surface area contributed by atoms with Gasteiger partial charge < -0.3 is 34.1 Å². The fourth-order valence-electron chi connectivity index (χ4n) is 3.82. The van der Waals surface area contributed by atoms with Crippen molar-refractivity contribution in [3.8, 4) is 5.75 Å². The quantitative estimate of drug-likeness (QED) is 0.412. The fourth-order valence-corrected chi connectivity index (χ4v) is 3.82. The van der Waals surface area contributed by atoms with Crippen molar-refractivity contribution < 1.29 is 38.7 Å². The van der Waals surface area contributed by atoms with Gasteiger partial charge in [0.15, 0.2) is 0 Å². The van der Waals surface area contributed by atoms with Crippen LogP contribution in [0.1, 0.15) is 38.8 Å². The number of amides is 2. The molecule has 0 aliphatic carbocycles. The number of carbonyl (C=O) groups excluding carboxylic acids is 1. The van der Waals surface area contributed by atoms with Crippen LogP contribution in [0.15, 0.2) is 24.3 Å². The summed E-state index contributed by atoms with van der Waals surface area (Å²) in [5.41, 5.74) is -0.310. The number of phenolic OH excluding ortho intramolecular Hbond substituents is 1. The Morgan fingerprint density at radius 2 is 1.65 bits per heavy atom. The molecule has 1 fully saturated rings. The standard InChI is InChI=1S/C24H38N2O8/c1-24(2,3)26(23(29)30)21(18-5-7-19(27)8-6-18)22(28)25-10-9-20(17-25)34-16-15-33-14-13-32-12-11-31-4/h5-8,20-21,27H,9-17H2,1-4H3,(H,29,30)/t20-,21?/m0/s1. The molecule has 1 aliphatic heterocycles. The van der Waals surface area contributed by atoms with Gasteiger partial charge in [-0.05, 0) is 44.9 Å². The Kier molecular flexibility index (Phi) is 11.0. The van der Waals surface area contributed by atoms with E-state index in [0.29, 0.717) is 64.7 Å². The second kappa shape index (κ2) is 13.5. The lowest BCUT2D eigenvalue weighted by atomic mass is 9.97. The number of likely N-dealkylation sites (tertiary alicyclic amines) is 1. The minimum atomic E-state index is -1.19. The summed E-state index contributed by atoms with van der Waals surface area (Å²) in [5.74, 6) is -0.260. The number of aromatic hydroxyl groups is 1. The van der Waals surface area contributed by atoms with Crippen molar-refractivity contribution in [2.75, 3.05) is 59.8 Å². The fraction of sp³-hybridized carbons (Fsp3) is 0.667. The van der Waals surface area contributed by atoms with E-state index in [4.69, 9.17) is 18.9 Å². The predicted molar refractivity (Wildman–Crippen MR) is 125 cm³/mol. The molecule has 10 nitrogen and oxygen atoms in total. The van der Waals surface area contributed by atoms with E-state index in [1.54, 1.807) is 44.9 Å². The number of rotatable bonds is 13. The maximum absolute atomic E-state index is 13.5. The summed E-state index contributed by atoms with van der Waals surface area (Å²) in [4.78, 5) is 28.5. The van der Waals surface area contributed by atoms with E-state index in [9.17, 15) is 19.8 Å². The average molecular weight is 483 g/mol. The number of nitrogens with zero attached hydrogens (tertiary/aromatic N) is 2. The number of hydrogen-bond acceptors (Lipinski definition) is 7. The molecular formula is C24H38N2O8.